The average molecular weight is 458 g/mol. The van der Waals surface area contributed by atoms with Gasteiger partial charge in [-0.1, -0.05) is 29.8 Å². The molecular weight excluding hydrogens is 443 g/mol. The van der Waals surface area contributed by atoms with Crippen molar-refractivity contribution in [3.05, 3.63) is 94.0 Å². The number of hydrogen-bond donors (Lipinski definition) is 0. The van der Waals surface area contributed by atoms with E-state index in [-0.39, 0.29) is 17.1 Å². The Balaban J connectivity index is 1.83. The van der Waals surface area contributed by atoms with Crippen LogP contribution >= 0.6 is 11.6 Å². The monoisotopic (exact) mass is 457 g/mol. The molecule has 0 aliphatic rings. The molecule has 0 aliphatic heterocycles. The summed E-state index contributed by atoms with van der Waals surface area (Å²) in [6.07, 6.45) is -2.86. The number of allylic oxidation sites excluding steroid dienone is 1. The molecule has 0 saturated heterocycles. The third kappa shape index (κ3) is 5.48. The summed E-state index contributed by atoms with van der Waals surface area (Å²) in [5.74, 6) is -0.536. The van der Waals surface area contributed by atoms with Gasteiger partial charge in [0.1, 0.15) is 0 Å². The Morgan fingerprint density at radius 1 is 0.969 bits per heavy atom. The zero-order chi connectivity index (χ0) is 23.3. The normalized spacial score (nSPS) is 11.6. The number of carbonyl (C=O) groups excluding carboxylic acids is 1. The minimum Gasteiger partial charge on any atom is -0.493 e. The van der Waals surface area contributed by atoms with Crippen molar-refractivity contribution in [2.75, 3.05) is 7.11 Å². The second kappa shape index (κ2) is 9.58. The summed E-state index contributed by atoms with van der Waals surface area (Å²) in [5, 5.41) is 10.0. The maximum atomic E-state index is 12.7. The van der Waals surface area contributed by atoms with Gasteiger partial charge in [-0.2, -0.15) is 18.4 Å². The van der Waals surface area contributed by atoms with Crippen LogP contribution in [0, 0.1) is 11.3 Å². The highest BCUT2D eigenvalue weighted by molar-refractivity contribution is 6.30. The lowest BCUT2D eigenvalue weighted by molar-refractivity contribution is -0.137. The van der Waals surface area contributed by atoms with Crippen LogP contribution in [0.2, 0.25) is 5.02 Å². The maximum absolute atomic E-state index is 12.7. The number of benzene rings is 3. The Morgan fingerprint density at radius 2 is 1.59 bits per heavy atom. The largest absolute Gasteiger partial charge is 0.493 e. The van der Waals surface area contributed by atoms with Gasteiger partial charge >= 0.3 is 12.1 Å². The second-order valence-electron chi connectivity index (χ2n) is 6.55. The number of nitriles is 1. The first-order chi connectivity index (χ1) is 15.2. The molecule has 32 heavy (non-hydrogen) atoms. The standard InChI is InChI=1S/C24H15ClF3NO3/c1-31-22-13-15(12-18(14-29)16-5-9-20(25)10-6-16)2-11-21(22)32-23(30)17-3-7-19(8-4-17)24(26,27)28/h2-13H,1H3/b18-12-. The van der Waals surface area contributed by atoms with Crippen LogP contribution in [0.1, 0.15) is 27.0 Å². The van der Waals surface area contributed by atoms with Gasteiger partial charge < -0.3 is 9.47 Å². The summed E-state index contributed by atoms with van der Waals surface area (Å²) < 4.78 is 48.6. The molecule has 0 aromatic heterocycles. The SMILES string of the molecule is COc1cc(/C=C(/C#N)c2ccc(Cl)cc2)ccc1OC(=O)c1ccc(C(F)(F)F)cc1. The fraction of sp³-hybridized carbons (Fsp3) is 0.0833. The molecule has 0 aliphatic carbocycles. The third-order valence-electron chi connectivity index (χ3n) is 4.42. The van der Waals surface area contributed by atoms with Crippen molar-refractivity contribution in [1.82, 2.24) is 0 Å². The first kappa shape index (κ1) is 22.9. The van der Waals surface area contributed by atoms with Gasteiger partial charge in [-0.25, -0.2) is 4.79 Å². The molecule has 0 heterocycles. The fourth-order valence-corrected chi connectivity index (χ4v) is 2.91. The molecule has 162 valence electrons. The van der Waals surface area contributed by atoms with E-state index in [1.807, 2.05) is 0 Å². The van der Waals surface area contributed by atoms with Gasteiger partial charge in [0.25, 0.3) is 0 Å². The summed E-state index contributed by atoms with van der Waals surface area (Å²) in [6.45, 7) is 0. The Kier molecular flexibility index (Phi) is 6.86. The second-order valence-corrected chi connectivity index (χ2v) is 6.99. The molecule has 0 saturated carbocycles. The first-order valence-electron chi connectivity index (χ1n) is 9.16. The van der Waals surface area contributed by atoms with E-state index in [4.69, 9.17) is 21.1 Å². The summed E-state index contributed by atoms with van der Waals surface area (Å²) >= 11 is 5.88. The number of alkyl halides is 3. The maximum Gasteiger partial charge on any atom is 0.416 e. The topological polar surface area (TPSA) is 59.3 Å². The molecule has 8 heteroatoms. The van der Waals surface area contributed by atoms with Gasteiger partial charge in [0.05, 0.1) is 29.9 Å². The van der Waals surface area contributed by atoms with Crippen LogP contribution in [-0.4, -0.2) is 13.1 Å². The first-order valence-corrected chi connectivity index (χ1v) is 9.54. The molecule has 0 radical (unpaired) electrons. The van der Waals surface area contributed by atoms with E-state index in [0.29, 0.717) is 21.7 Å². The Labute approximate surface area is 187 Å². The van der Waals surface area contributed by atoms with Crippen molar-refractivity contribution in [2.24, 2.45) is 0 Å². The number of ether oxygens (including phenoxy) is 2. The lowest BCUT2D eigenvalue weighted by atomic mass is 10.0. The summed E-state index contributed by atoms with van der Waals surface area (Å²) in [7, 11) is 1.38. The Hall–Kier alpha value is -3.76. The van der Waals surface area contributed by atoms with E-state index in [2.05, 4.69) is 6.07 Å². The van der Waals surface area contributed by atoms with Crippen LogP contribution < -0.4 is 9.47 Å². The van der Waals surface area contributed by atoms with E-state index in [0.717, 1.165) is 24.3 Å². The van der Waals surface area contributed by atoms with Crippen LogP contribution in [0.5, 0.6) is 11.5 Å². The number of methoxy groups -OCH3 is 1. The molecule has 0 fully saturated rings. The highest BCUT2D eigenvalue weighted by atomic mass is 35.5. The van der Waals surface area contributed by atoms with E-state index in [9.17, 15) is 23.2 Å². The molecule has 3 aromatic carbocycles. The minimum atomic E-state index is -4.50. The van der Waals surface area contributed by atoms with Crippen molar-refractivity contribution in [1.29, 1.82) is 5.26 Å². The predicted octanol–water partition coefficient (Wildman–Crippen LogP) is 6.65. The lowest BCUT2D eigenvalue weighted by Crippen LogP contribution is -2.11. The van der Waals surface area contributed by atoms with Gasteiger partial charge in [0.2, 0.25) is 0 Å². The van der Waals surface area contributed by atoms with Crippen LogP contribution in [0.4, 0.5) is 13.2 Å². The molecule has 0 N–H and O–H groups in total. The van der Waals surface area contributed by atoms with Crippen LogP contribution in [0.25, 0.3) is 11.6 Å². The predicted molar refractivity (Wildman–Crippen MR) is 114 cm³/mol. The molecule has 0 atom stereocenters. The highest BCUT2D eigenvalue weighted by Crippen LogP contribution is 2.32. The van der Waals surface area contributed by atoms with Crippen LogP contribution in [0.15, 0.2) is 66.7 Å². The van der Waals surface area contributed by atoms with Crippen molar-refractivity contribution in [3.63, 3.8) is 0 Å². The molecule has 0 amide bonds. The van der Waals surface area contributed by atoms with Crippen molar-refractivity contribution < 1.29 is 27.4 Å². The molecule has 4 nitrogen and oxygen atoms in total. The zero-order valence-corrected chi connectivity index (χ0v) is 17.4. The molecular formula is C24H15ClF3NO3. The van der Waals surface area contributed by atoms with Crippen molar-refractivity contribution in [3.8, 4) is 17.6 Å². The van der Waals surface area contributed by atoms with E-state index in [1.165, 1.54) is 13.2 Å². The van der Waals surface area contributed by atoms with Crippen LogP contribution in [-0.2, 0) is 6.18 Å². The molecule has 0 unspecified atom stereocenters. The van der Waals surface area contributed by atoms with Gasteiger partial charge in [0, 0.05) is 5.02 Å². The third-order valence-corrected chi connectivity index (χ3v) is 4.68. The highest BCUT2D eigenvalue weighted by Gasteiger charge is 2.30. The molecule has 0 spiro atoms. The summed E-state index contributed by atoms with van der Waals surface area (Å²) in [4.78, 5) is 12.3. The smallest absolute Gasteiger partial charge is 0.416 e. The number of hydrogen-bond acceptors (Lipinski definition) is 4. The zero-order valence-electron chi connectivity index (χ0n) is 16.6. The van der Waals surface area contributed by atoms with Gasteiger partial charge in [-0.05, 0) is 65.7 Å². The average Bonchev–Trinajstić information content (AvgIpc) is 2.78. The van der Waals surface area contributed by atoms with Crippen molar-refractivity contribution in [2.45, 2.75) is 6.18 Å². The quantitative estimate of drug-likeness (QED) is 0.186. The lowest BCUT2D eigenvalue weighted by Gasteiger charge is -2.11. The number of rotatable bonds is 5. The molecule has 3 rings (SSSR count). The Bertz CT molecular complexity index is 1200. The summed E-state index contributed by atoms with van der Waals surface area (Å²) in [5.41, 5.74) is 0.768. The van der Waals surface area contributed by atoms with Crippen molar-refractivity contribution >= 4 is 29.2 Å². The van der Waals surface area contributed by atoms with E-state index >= 15 is 0 Å². The van der Waals surface area contributed by atoms with E-state index < -0.39 is 17.7 Å². The Morgan fingerprint density at radius 3 is 2.16 bits per heavy atom. The number of halogens is 4. The van der Waals surface area contributed by atoms with Gasteiger partial charge in [-0.3, -0.25) is 0 Å². The van der Waals surface area contributed by atoms with Crippen LogP contribution in [0.3, 0.4) is 0 Å². The van der Waals surface area contributed by atoms with Gasteiger partial charge in [-0.15, -0.1) is 0 Å². The van der Waals surface area contributed by atoms with E-state index in [1.54, 1.807) is 42.5 Å². The molecule has 0 bridgehead atoms. The minimum absolute atomic E-state index is 0.0430. The van der Waals surface area contributed by atoms with Gasteiger partial charge in [0.15, 0.2) is 11.5 Å². The molecule has 3 aromatic rings. The summed E-state index contributed by atoms with van der Waals surface area (Å²) in [6, 6.07) is 17.3. The fourth-order valence-electron chi connectivity index (χ4n) is 2.79. The number of esters is 1. The number of nitrogens with zero attached hydrogens (tertiary/aromatic N) is 1. The number of carbonyl (C=O) groups is 1.